The Balaban J connectivity index is 2.18. The molecule has 0 aliphatic carbocycles. The molecule has 0 saturated heterocycles. The lowest BCUT2D eigenvalue weighted by Gasteiger charge is -2.06. The standard InChI is InChI=1S/C13H17F2NO3/c14-12(15)9-19-6-5-13(18)16-7-10-1-3-11(8-17)4-2-10/h1-4,12,17H,5-9H2,(H,16,18). The highest BCUT2D eigenvalue weighted by atomic mass is 19.3. The molecule has 2 N–H and O–H groups in total. The van der Waals surface area contributed by atoms with Gasteiger partial charge in [-0.3, -0.25) is 4.79 Å². The number of hydrogen-bond acceptors (Lipinski definition) is 3. The van der Waals surface area contributed by atoms with E-state index in [2.05, 4.69) is 10.1 Å². The second-order valence-electron chi connectivity index (χ2n) is 3.97. The van der Waals surface area contributed by atoms with Crippen LogP contribution in [-0.2, 0) is 22.7 Å². The van der Waals surface area contributed by atoms with E-state index in [9.17, 15) is 13.6 Å². The molecule has 1 aromatic rings. The third kappa shape index (κ3) is 6.83. The second-order valence-corrected chi connectivity index (χ2v) is 3.97. The van der Waals surface area contributed by atoms with E-state index in [1.807, 2.05) is 0 Å². The number of hydrogen-bond donors (Lipinski definition) is 2. The molecule has 0 fully saturated rings. The van der Waals surface area contributed by atoms with Crippen molar-refractivity contribution in [2.45, 2.75) is 26.0 Å². The molecule has 0 heterocycles. The fourth-order valence-corrected chi connectivity index (χ4v) is 1.39. The molecule has 1 rings (SSSR count). The minimum absolute atomic E-state index is 0.0143. The minimum Gasteiger partial charge on any atom is -0.392 e. The lowest BCUT2D eigenvalue weighted by molar-refractivity contribution is -0.122. The van der Waals surface area contributed by atoms with Gasteiger partial charge in [-0.25, -0.2) is 8.78 Å². The maximum absolute atomic E-state index is 11.7. The second kappa shape index (κ2) is 8.55. The molecule has 0 aliphatic heterocycles. The van der Waals surface area contributed by atoms with Crippen molar-refractivity contribution in [1.82, 2.24) is 5.32 Å². The lowest BCUT2D eigenvalue weighted by atomic mass is 10.1. The topological polar surface area (TPSA) is 58.6 Å². The summed E-state index contributed by atoms with van der Waals surface area (Å²) < 4.78 is 28.1. The zero-order valence-corrected chi connectivity index (χ0v) is 10.4. The van der Waals surface area contributed by atoms with Crippen molar-refractivity contribution in [2.24, 2.45) is 0 Å². The number of nitrogens with one attached hydrogen (secondary N) is 1. The lowest BCUT2D eigenvalue weighted by Crippen LogP contribution is -2.24. The van der Waals surface area contributed by atoms with Crippen LogP contribution in [0.5, 0.6) is 0 Å². The predicted molar refractivity (Wildman–Crippen MR) is 65.7 cm³/mol. The first-order valence-corrected chi connectivity index (χ1v) is 5.93. The van der Waals surface area contributed by atoms with Gasteiger partial charge in [0.1, 0.15) is 6.61 Å². The van der Waals surface area contributed by atoms with Crippen molar-refractivity contribution in [3.05, 3.63) is 35.4 Å². The van der Waals surface area contributed by atoms with Gasteiger partial charge in [0.25, 0.3) is 6.43 Å². The Morgan fingerprint density at radius 1 is 1.26 bits per heavy atom. The number of rotatable bonds is 8. The predicted octanol–water partition coefficient (Wildman–Crippen LogP) is 1.47. The molecule has 0 aliphatic rings. The van der Waals surface area contributed by atoms with E-state index in [0.29, 0.717) is 6.54 Å². The number of alkyl halides is 2. The maximum atomic E-state index is 11.7. The van der Waals surface area contributed by atoms with Gasteiger partial charge in [0.2, 0.25) is 5.91 Å². The molecule has 19 heavy (non-hydrogen) atoms. The summed E-state index contributed by atoms with van der Waals surface area (Å²) in [4.78, 5) is 11.4. The van der Waals surface area contributed by atoms with E-state index in [4.69, 9.17) is 5.11 Å². The SMILES string of the molecule is O=C(CCOCC(F)F)NCc1ccc(CO)cc1. The van der Waals surface area contributed by atoms with Gasteiger partial charge in [-0.05, 0) is 11.1 Å². The van der Waals surface area contributed by atoms with Crippen LogP contribution in [0.25, 0.3) is 0 Å². The Morgan fingerprint density at radius 3 is 2.47 bits per heavy atom. The molecular weight excluding hydrogens is 256 g/mol. The number of aliphatic hydroxyl groups excluding tert-OH is 1. The Bertz CT molecular complexity index is 382. The van der Waals surface area contributed by atoms with E-state index in [1.165, 1.54) is 0 Å². The van der Waals surface area contributed by atoms with Gasteiger partial charge < -0.3 is 15.2 Å². The molecule has 0 saturated carbocycles. The van der Waals surface area contributed by atoms with Gasteiger partial charge >= 0.3 is 0 Å². The summed E-state index contributed by atoms with van der Waals surface area (Å²) in [7, 11) is 0. The molecule has 4 nitrogen and oxygen atoms in total. The number of carbonyl (C=O) groups is 1. The van der Waals surface area contributed by atoms with Gasteiger partial charge in [0.15, 0.2) is 0 Å². The summed E-state index contributed by atoms with van der Waals surface area (Å²) in [5.41, 5.74) is 1.70. The van der Waals surface area contributed by atoms with Crippen molar-refractivity contribution < 1.29 is 23.4 Å². The highest BCUT2D eigenvalue weighted by Gasteiger charge is 2.04. The van der Waals surface area contributed by atoms with Crippen LogP contribution >= 0.6 is 0 Å². The molecule has 0 aromatic heterocycles. The number of aliphatic hydroxyl groups is 1. The molecule has 0 unspecified atom stereocenters. The van der Waals surface area contributed by atoms with Crippen molar-refractivity contribution >= 4 is 5.91 Å². The third-order valence-electron chi connectivity index (χ3n) is 2.41. The molecule has 106 valence electrons. The minimum atomic E-state index is -2.51. The van der Waals surface area contributed by atoms with Crippen molar-refractivity contribution in [3.63, 3.8) is 0 Å². The summed E-state index contributed by atoms with van der Waals surface area (Å²) in [5, 5.41) is 11.5. The first-order chi connectivity index (χ1) is 9.11. The van der Waals surface area contributed by atoms with Gasteiger partial charge in [0.05, 0.1) is 13.2 Å². The summed E-state index contributed by atoms with van der Waals surface area (Å²) in [6, 6.07) is 7.15. The van der Waals surface area contributed by atoms with Crippen LogP contribution in [0.15, 0.2) is 24.3 Å². The fraction of sp³-hybridized carbons (Fsp3) is 0.462. The normalized spacial score (nSPS) is 10.7. The summed E-state index contributed by atoms with van der Waals surface area (Å²) in [6.45, 7) is -0.316. The number of ether oxygens (including phenoxy) is 1. The summed E-state index contributed by atoms with van der Waals surface area (Å²) in [5.74, 6) is -0.250. The zero-order valence-electron chi connectivity index (χ0n) is 10.4. The van der Waals surface area contributed by atoms with Crippen LogP contribution in [-0.4, -0.2) is 30.7 Å². The summed E-state index contributed by atoms with van der Waals surface area (Å²) in [6.07, 6.45) is -2.45. The van der Waals surface area contributed by atoms with Crippen molar-refractivity contribution in [3.8, 4) is 0 Å². The highest BCUT2D eigenvalue weighted by molar-refractivity contribution is 5.75. The molecule has 0 radical (unpaired) electrons. The maximum Gasteiger partial charge on any atom is 0.261 e. The van der Waals surface area contributed by atoms with E-state index < -0.39 is 13.0 Å². The number of amides is 1. The van der Waals surface area contributed by atoms with Crippen molar-refractivity contribution in [1.29, 1.82) is 0 Å². The first kappa shape index (κ1) is 15.5. The quantitative estimate of drug-likeness (QED) is 0.705. The van der Waals surface area contributed by atoms with Crippen LogP contribution in [0.2, 0.25) is 0 Å². The van der Waals surface area contributed by atoms with E-state index >= 15 is 0 Å². The number of benzene rings is 1. The highest BCUT2D eigenvalue weighted by Crippen LogP contribution is 2.04. The van der Waals surface area contributed by atoms with Crippen LogP contribution in [0.4, 0.5) is 8.78 Å². The van der Waals surface area contributed by atoms with Gasteiger partial charge in [0, 0.05) is 13.0 Å². The monoisotopic (exact) mass is 273 g/mol. The van der Waals surface area contributed by atoms with E-state index in [0.717, 1.165) is 11.1 Å². The zero-order chi connectivity index (χ0) is 14.1. The molecule has 1 aromatic carbocycles. The smallest absolute Gasteiger partial charge is 0.261 e. The van der Waals surface area contributed by atoms with Crippen LogP contribution in [0.3, 0.4) is 0 Å². The first-order valence-electron chi connectivity index (χ1n) is 5.93. The molecule has 6 heteroatoms. The molecule has 0 atom stereocenters. The Morgan fingerprint density at radius 2 is 1.89 bits per heavy atom. The molecule has 0 spiro atoms. The Kier molecular flexibility index (Phi) is 6.99. The van der Waals surface area contributed by atoms with E-state index in [1.54, 1.807) is 24.3 Å². The van der Waals surface area contributed by atoms with Gasteiger partial charge in [-0.1, -0.05) is 24.3 Å². The average molecular weight is 273 g/mol. The van der Waals surface area contributed by atoms with Crippen LogP contribution < -0.4 is 5.32 Å². The van der Waals surface area contributed by atoms with E-state index in [-0.39, 0.29) is 25.5 Å². The molecule has 0 bridgehead atoms. The van der Waals surface area contributed by atoms with Gasteiger partial charge in [-0.15, -0.1) is 0 Å². The molecule has 1 amide bonds. The van der Waals surface area contributed by atoms with Crippen LogP contribution in [0, 0.1) is 0 Å². The Hall–Kier alpha value is -1.53. The number of halogens is 2. The number of carbonyl (C=O) groups excluding carboxylic acids is 1. The van der Waals surface area contributed by atoms with Crippen LogP contribution in [0.1, 0.15) is 17.5 Å². The Labute approximate surface area is 110 Å². The summed E-state index contributed by atoms with van der Waals surface area (Å²) >= 11 is 0. The molecular formula is C13H17F2NO3. The third-order valence-corrected chi connectivity index (χ3v) is 2.41. The van der Waals surface area contributed by atoms with Crippen molar-refractivity contribution in [2.75, 3.05) is 13.2 Å². The fourth-order valence-electron chi connectivity index (χ4n) is 1.39. The van der Waals surface area contributed by atoms with Gasteiger partial charge in [-0.2, -0.15) is 0 Å². The average Bonchev–Trinajstić information content (AvgIpc) is 2.41. The largest absolute Gasteiger partial charge is 0.392 e.